The van der Waals surface area contributed by atoms with Crippen molar-refractivity contribution in [2.75, 3.05) is 25.0 Å². The van der Waals surface area contributed by atoms with Gasteiger partial charge in [-0.3, -0.25) is 9.59 Å². The van der Waals surface area contributed by atoms with Crippen molar-refractivity contribution < 1.29 is 9.59 Å². The third-order valence-corrected chi connectivity index (χ3v) is 7.08. The molecule has 0 aromatic carbocycles. The number of rotatable bonds is 8. The van der Waals surface area contributed by atoms with Crippen molar-refractivity contribution in [1.82, 2.24) is 20.2 Å². The second kappa shape index (κ2) is 8.87. The smallest absolute Gasteiger partial charge is 0.262 e. The summed E-state index contributed by atoms with van der Waals surface area (Å²) in [6.07, 6.45) is 4.02. The molecule has 0 bridgehead atoms. The first-order valence-corrected chi connectivity index (χ1v) is 11.4. The number of aryl methyl sites for hydroxylation is 1. The van der Waals surface area contributed by atoms with E-state index in [1.165, 1.54) is 17.7 Å². The summed E-state index contributed by atoms with van der Waals surface area (Å²) in [7, 11) is 0. The molecule has 29 heavy (non-hydrogen) atoms. The van der Waals surface area contributed by atoms with Gasteiger partial charge in [0.1, 0.15) is 17.0 Å². The highest BCUT2D eigenvalue weighted by Crippen LogP contribution is 2.33. The number of fused-ring (bicyclic) bond motifs is 1. The first-order chi connectivity index (χ1) is 14.1. The van der Waals surface area contributed by atoms with Crippen LogP contribution in [-0.2, 0) is 11.3 Å². The van der Waals surface area contributed by atoms with Crippen molar-refractivity contribution in [2.24, 2.45) is 0 Å². The number of nitrogens with zero attached hydrogens (tertiary/aromatic N) is 3. The van der Waals surface area contributed by atoms with Crippen LogP contribution in [0.3, 0.4) is 0 Å². The second-order valence-electron chi connectivity index (χ2n) is 6.99. The molecule has 3 aromatic heterocycles. The lowest BCUT2D eigenvalue weighted by atomic mass is 10.2. The molecule has 0 unspecified atom stereocenters. The molecule has 0 aliphatic carbocycles. The molecule has 4 heterocycles. The Labute approximate surface area is 177 Å². The second-order valence-corrected chi connectivity index (χ2v) is 9.02. The van der Waals surface area contributed by atoms with Gasteiger partial charge in [-0.25, -0.2) is 9.97 Å². The Kier molecular flexibility index (Phi) is 6.05. The average molecular weight is 430 g/mol. The molecule has 1 saturated heterocycles. The van der Waals surface area contributed by atoms with Crippen LogP contribution in [-0.4, -0.2) is 46.3 Å². The molecule has 0 spiro atoms. The van der Waals surface area contributed by atoms with Gasteiger partial charge in [-0.1, -0.05) is 6.07 Å². The quantitative estimate of drug-likeness (QED) is 0.536. The molecule has 0 radical (unpaired) electrons. The number of hydrogen-bond acceptors (Lipinski definition) is 7. The number of likely N-dealkylation sites (tertiary alicyclic amines) is 1. The highest BCUT2D eigenvalue weighted by Gasteiger charge is 2.20. The minimum Gasteiger partial charge on any atom is -0.369 e. The Hall–Kier alpha value is -2.52. The minimum absolute atomic E-state index is 0.0857. The van der Waals surface area contributed by atoms with Crippen molar-refractivity contribution in [1.29, 1.82) is 0 Å². The predicted molar refractivity (Wildman–Crippen MR) is 117 cm³/mol. The van der Waals surface area contributed by atoms with E-state index in [1.807, 2.05) is 29.3 Å². The van der Waals surface area contributed by atoms with E-state index in [2.05, 4.69) is 20.6 Å². The van der Waals surface area contributed by atoms with Crippen molar-refractivity contribution >= 4 is 50.5 Å². The van der Waals surface area contributed by atoms with Crippen molar-refractivity contribution in [3.05, 3.63) is 39.2 Å². The molecule has 7 nitrogen and oxygen atoms in total. The summed E-state index contributed by atoms with van der Waals surface area (Å²) < 4.78 is 0. The van der Waals surface area contributed by atoms with E-state index >= 15 is 0 Å². The maximum absolute atomic E-state index is 12.7. The molecule has 1 aliphatic rings. The minimum atomic E-state index is -0.0857. The normalized spacial score (nSPS) is 14.0. The van der Waals surface area contributed by atoms with Gasteiger partial charge in [-0.15, -0.1) is 22.7 Å². The van der Waals surface area contributed by atoms with E-state index in [9.17, 15) is 9.59 Å². The molecule has 0 saturated carbocycles. The van der Waals surface area contributed by atoms with E-state index in [0.29, 0.717) is 24.4 Å². The van der Waals surface area contributed by atoms with Gasteiger partial charge in [-0.2, -0.15) is 0 Å². The number of aromatic nitrogens is 2. The molecule has 2 amide bonds. The number of carbonyl (C=O) groups is 2. The van der Waals surface area contributed by atoms with Crippen LogP contribution in [0.1, 0.15) is 39.4 Å². The summed E-state index contributed by atoms with van der Waals surface area (Å²) in [5, 5.41) is 9.25. The Bertz CT molecular complexity index is 1020. The summed E-state index contributed by atoms with van der Waals surface area (Å²) in [6, 6.07) is 3.98. The fourth-order valence-electron chi connectivity index (χ4n) is 3.50. The van der Waals surface area contributed by atoms with Crippen LogP contribution in [0.2, 0.25) is 0 Å². The van der Waals surface area contributed by atoms with Gasteiger partial charge in [0.15, 0.2) is 0 Å². The SMILES string of the molecule is Cc1c(C(=O)NCc2cccs2)sc2ncnc(NCCCN3CCCC3=O)c12. The lowest BCUT2D eigenvalue weighted by Gasteiger charge is -2.15. The van der Waals surface area contributed by atoms with E-state index in [1.54, 1.807) is 11.3 Å². The first-order valence-electron chi connectivity index (χ1n) is 9.70. The monoisotopic (exact) mass is 429 g/mol. The molecule has 1 aliphatic heterocycles. The topological polar surface area (TPSA) is 87.2 Å². The van der Waals surface area contributed by atoms with Crippen molar-refractivity contribution in [3.8, 4) is 0 Å². The molecular weight excluding hydrogens is 406 g/mol. The van der Waals surface area contributed by atoms with Crippen molar-refractivity contribution in [3.63, 3.8) is 0 Å². The third kappa shape index (κ3) is 4.40. The Morgan fingerprint density at radius 3 is 3.00 bits per heavy atom. The highest BCUT2D eigenvalue weighted by molar-refractivity contribution is 7.20. The summed E-state index contributed by atoms with van der Waals surface area (Å²) in [5.74, 6) is 0.910. The van der Waals surface area contributed by atoms with Crippen LogP contribution in [0, 0.1) is 6.92 Å². The highest BCUT2D eigenvalue weighted by atomic mass is 32.1. The standard InChI is InChI=1S/C20H23N5O2S2/c1-13-16-18(21-7-4-9-25-8-2-6-15(25)26)23-12-24-20(16)29-17(13)19(27)22-11-14-5-3-10-28-14/h3,5,10,12H,2,4,6-9,11H2,1H3,(H,22,27)(H,21,23,24). The van der Waals surface area contributed by atoms with E-state index in [-0.39, 0.29) is 11.8 Å². The zero-order valence-corrected chi connectivity index (χ0v) is 17.9. The van der Waals surface area contributed by atoms with Crippen LogP contribution >= 0.6 is 22.7 Å². The fourth-order valence-corrected chi connectivity index (χ4v) is 5.21. The molecular formula is C20H23N5O2S2. The number of hydrogen-bond donors (Lipinski definition) is 2. The molecule has 1 fully saturated rings. The van der Waals surface area contributed by atoms with Gasteiger partial charge < -0.3 is 15.5 Å². The van der Waals surface area contributed by atoms with Crippen LogP contribution in [0.5, 0.6) is 0 Å². The summed E-state index contributed by atoms with van der Waals surface area (Å²) >= 11 is 3.01. The van der Waals surface area contributed by atoms with Crippen LogP contribution in [0.15, 0.2) is 23.8 Å². The van der Waals surface area contributed by atoms with Crippen LogP contribution < -0.4 is 10.6 Å². The summed E-state index contributed by atoms with van der Waals surface area (Å²) in [6.45, 7) is 4.81. The third-order valence-electron chi connectivity index (χ3n) is 5.00. The first kappa shape index (κ1) is 19.8. The van der Waals surface area contributed by atoms with Gasteiger partial charge in [0.2, 0.25) is 5.91 Å². The van der Waals surface area contributed by atoms with Crippen molar-refractivity contribution in [2.45, 2.75) is 32.7 Å². The lowest BCUT2D eigenvalue weighted by Crippen LogP contribution is -2.27. The fraction of sp³-hybridized carbons (Fsp3) is 0.400. The van der Waals surface area contributed by atoms with Gasteiger partial charge in [0, 0.05) is 30.9 Å². The predicted octanol–water partition coefficient (Wildman–Crippen LogP) is 3.42. The Morgan fingerprint density at radius 2 is 2.24 bits per heavy atom. The molecule has 152 valence electrons. The van der Waals surface area contributed by atoms with Gasteiger partial charge >= 0.3 is 0 Å². The largest absolute Gasteiger partial charge is 0.369 e. The zero-order valence-electron chi connectivity index (χ0n) is 16.2. The van der Waals surface area contributed by atoms with E-state index in [4.69, 9.17) is 0 Å². The average Bonchev–Trinajstić information content (AvgIpc) is 3.45. The Balaban J connectivity index is 1.42. The summed E-state index contributed by atoms with van der Waals surface area (Å²) in [4.78, 5) is 37.6. The van der Waals surface area contributed by atoms with Gasteiger partial charge in [0.05, 0.1) is 16.8 Å². The zero-order chi connectivity index (χ0) is 20.2. The maximum Gasteiger partial charge on any atom is 0.262 e. The molecule has 4 rings (SSSR count). The molecule has 3 aromatic rings. The van der Waals surface area contributed by atoms with E-state index < -0.39 is 0 Å². The molecule has 9 heteroatoms. The molecule has 2 N–H and O–H groups in total. The number of nitrogens with one attached hydrogen (secondary N) is 2. The lowest BCUT2D eigenvalue weighted by molar-refractivity contribution is -0.127. The van der Waals surface area contributed by atoms with Gasteiger partial charge in [-0.05, 0) is 36.8 Å². The number of amides is 2. The van der Waals surface area contributed by atoms with Crippen LogP contribution in [0.25, 0.3) is 10.2 Å². The Morgan fingerprint density at radius 1 is 1.34 bits per heavy atom. The van der Waals surface area contributed by atoms with Gasteiger partial charge in [0.25, 0.3) is 5.91 Å². The number of thiophene rings is 2. The summed E-state index contributed by atoms with van der Waals surface area (Å²) in [5.41, 5.74) is 0.895. The van der Waals surface area contributed by atoms with E-state index in [0.717, 1.165) is 52.4 Å². The van der Waals surface area contributed by atoms with Crippen LogP contribution in [0.4, 0.5) is 5.82 Å². The number of carbonyl (C=O) groups excluding carboxylic acids is 2. The maximum atomic E-state index is 12.7. The molecule has 0 atom stereocenters. The number of anilines is 1.